The number of aromatic carboxylic acids is 1. The molecule has 0 unspecified atom stereocenters. The number of rotatable bonds is 1. The number of benzene rings is 1. The van der Waals surface area contributed by atoms with E-state index < -0.39 is 10.4 Å². The van der Waals surface area contributed by atoms with Crippen molar-refractivity contribution < 1.29 is 9.90 Å². The molecule has 0 aliphatic carbocycles. The van der Waals surface area contributed by atoms with Crippen molar-refractivity contribution in [2.45, 2.75) is 4.46 Å². The van der Waals surface area contributed by atoms with Crippen LogP contribution in [-0.4, -0.2) is 22.1 Å². The van der Waals surface area contributed by atoms with E-state index in [9.17, 15) is 4.79 Å². The molecule has 0 saturated carbocycles. The number of fused-ring (bicyclic) bond motifs is 1. The molecule has 86 valence electrons. The normalized spacial score (nSPS) is 17.6. The van der Waals surface area contributed by atoms with Gasteiger partial charge in [-0.2, -0.15) is 0 Å². The maximum absolute atomic E-state index is 10.8. The maximum atomic E-state index is 10.8. The monoisotopic (exact) mass is 280 g/mol. The molecule has 1 aromatic carbocycles. The van der Waals surface area contributed by atoms with Gasteiger partial charge in [0.1, 0.15) is 0 Å². The summed E-state index contributed by atoms with van der Waals surface area (Å²) in [7, 11) is 0. The molecule has 4 nitrogen and oxygen atoms in total. The Hall–Kier alpha value is -0.840. The first-order valence-corrected chi connectivity index (χ1v) is 5.45. The van der Waals surface area contributed by atoms with Crippen LogP contribution in [0.15, 0.2) is 18.2 Å². The van der Waals surface area contributed by atoms with Gasteiger partial charge in [-0.05, 0) is 18.2 Å². The molecular weight excluding hydrogens is 274 g/mol. The smallest absolute Gasteiger partial charge is 0.335 e. The Bertz CT molecular complexity index is 450. The quantitative estimate of drug-likeness (QED) is 0.472. The third-order valence-electron chi connectivity index (χ3n) is 2.16. The first kappa shape index (κ1) is 11.6. The fourth-order valence-electron chi connectivity index (χ4n) is 1.48. The van der Waals surface area contributed by atoms with Crippen LogP contribution in [0.5, 0.6) is 0 Å². The highest BCUT2D eigenvalue weighted by Crippen LogP contribution is 2.39. The molecule has 0 saturated heterocycles. The second-order valence-corrected chi connectivity index (χ2v) is 5.28. The number of halogens is 3. The number of carbonyl (C=O) groups is 1. The lowest BCUT2D eigenvalue weighted by Crippen LogP contribution is -2.41. The Morgan fingerprint density at radius 1 is 1.50 bits per heavy atom. The summed E-state index contributed by atoms with van der Waals surface area (Å²) in [6, 6.07) is 4.50. The average molecular weight is 282 g/mol. The predicted octanol–water partition coefficient (Wildman–Crippen LogP) is 2.90. The van der Waals surface area contributed by atoms with Gasteiger partial charge >= 0.3 is 5.97 Å². The first-order chi connectivity index (χ1) is 7.39. The Morgan fingerprint density at radius 3 is 2.81 bits per heavy atom. The van der Waals surface area contributed by atoms with Crippen LogP contribution in [0.25, 0.3) is 0 Å². The van der Waals surface area contributed by atoms with Gasteiger partial charge in [0, 0.05) is 11.8 Å². The van der Waals surface area contributed by atoms with E-state index >= 15 is 0 Å². The van der Waals surface area contributed by atoms with E-state index in [4.69, 9.17) is 40.1 Å². The fraction of sp³-hybridized carbons (Fsp3) is 0.222. The molecule has 1 aliphatic rings. The second kappa shape index (κ2) is 3.87. The third-order valence-corrected chi connectivity index (χ3v) is 2.89. The van der Waals surface area contributed by atoms with E-state index in [0.717, 1.165) is 0 Å². The lowest BCUT2D eigenvalue weighted by Gasteiger charge is -2.34. The summed E-state index contributed by atoms with van der Waals surface area (Å²) < 4.78 is 0.114. The molecule has 2 rings (SSSR count). The summed E-state index contributed by atoms with van der Waals surface area (Å²) in [5, 5.41) is 11.6. The van der Waals surface area contributed by atoms with Crippen molar-refractivity contribution in [1.29, 1.82) is 0 Å². The number of carboxylic acids is 1. The lowest BCUT2D eigenvalue weighted by atomic mass is 10.1. The van der Waals surface area contributed by atoms with E-state index in [0.29, 0.717) is 11.4 Å². The van der Waals surface area contributed by atoms with Crippen molar-refractivity contribution in [2.75, 3.05) is 16.3 Å². The largest absolute Gasteiger partial charge is 0.478 e. The van der Waals surface area contributed by atoms with E-state index in [1.165, 1.54) is 16.6 Å². The van der Waals surface area contributed by atoms with E-state index in [-0.39, 0.29) is 12.1 Å². The fourth-order valence-corrected chi connectivity index (χ4v) is 2.37. The van der Waals surface area contributed by atoms with Gasteiger partial charge in [0.15, 0.2) is 0 Å². The van der Waals surface area contributed by atoms with Crippen molar-refractivity contribution >= 4 is 52.3 Å². The topological polar surface area (TPSA) is 52.6 Å². The van der Waals surface area contributed by atoms with E-state index in [1.54, 1.807) is 6.07 Å². The standard InChI is InChI=1S/C9H7Cl3N2O2/c10-9(11)4-14(12)7-2-1-5(8(15)16)3-6(7)13-9/h1-3,13H,4H2,(H,15,16). The molecule has 0 atom stereocenters. The maximum Gasteiger partial charge on any atom is 0.335 e. The zero-order valence-electron chi connectivity index (χ0n) is 7.88. The second-order valence-electron chi connectivity index (χ2n) is 3.39. The van der Waals surface area contributed by atoms with Crippen LogP contribution >= 0.6 is 35.0 Å². The van der Waals surface area contributed by atoms with E-state index in [2.05, 4.69) is 5.32 Å². The van der Waals surface area contributed by atoms with Gasteiger partial charge in [0.05, 0.1) is 23.5 Å². The Kier molecular flexibility index (Phi) is 2.82. The molecule has 1 heterocycles. The molecule has 7 heteroatoms. The van der Waals surface area contributed by atoms with Crippen molar-refractivity contribution in [3.8, 4) is 0 Å². The number of anilines is 2. The molecule has 16 heavy (non-hydrogen) atoms. The minimum absolute atomic E-state index is 0.141. The van der Waals surface area contributed by atoms with Crippen LogP contribution in [0.2, 0.25) is 0 Å². The van der Waals surface area contributed by atoms with Crippen LogP contribution < -0.4 is 9.74 Å². The summed E-state index contributed by atoms with van der Waals surface area (Å²) >= 11 is 17.8. The Morgan fingerprint density at radius 2 is 2.19 bits per heavy atom. The molecule has 0 spiro atoms. The zero-order chi connectivity index (χ0) is 11.9. The lowest BCUT2D eigenvalue weighted by molar-refractivity contribution is 0.0697. The van der Waals surface area contributed by atoms with E-state index in [1.807, 2.05) is 0 Å². The first-order valence-electron chi connectivity index (χ1n) is 4.36. The van der Waals surface area contributed by atoms with Crippen molar-refractivity contribution in [3.05, 3.63) is 23.8 Å². The summed E-state index contributed by atoms with van der Waals surface area (Å²) in [6.45, 7) is 0.192. The molecule has 0 bridgehead atoms. The van der Waals surface area contributed by atoms with Crippen LogP contribution in [-0.2, 0) is 0 Å². The van der Waals surface area contributed by atoms with Crippen LogP contribution in [0, 0.1) is 0 Å². The van der Waals surface area contributed by atoms with Gasteiger partial charge in [0.25, 0.3) is 0 Å². The number of hydrogen-bond donors (Lipinski definition) is 2. The molecule has 1 aliphatic heterocycles. The average Bonchev–Trinajstić information content (AvgIpc) is 2.14. The Balaban J connectivity index is 2.46. The third kappa shape index (κ3) is 2.14. The van der Waals surface area contributed by atoms with Crippen molar-refractivity contribution in [2.24, 2.45) is 0 Å². The van der Waals surface area contributed by atoms with Crippen molar-refractivity contribution in [3.63, 3.8) is 0 Å². The number of hydrogen-bond acceptors (Lipinski definition) is 3. The minimum atomic E-state index is -1.23. The van der Waals surface area contributed by atoms with Gasteiger partial charge in [-0.15, -0.1) is 0 Å². The highest BCUT2D eigenvalue weighted by atomic mass is 35.5. The number of nitrogens with one attached hydrogen (secondary N) is 1. The Labute approximate surface area is 107 Å². The molecule has 1 aromatic rings. The van der Waals surface area contributed by atoms with Gasteiger partial charge in [-0.25, -0.2) is 4.79 Å². The SMILES string of the molecule is O=C(O)c1ccc2c(c1)NC(Cl)(Cl)CN2Cl. The molecule has 0 fully saturated rings. The zero-order valence-corrected chi connectivity index (χ0v) is 10.1. The van der Waals surface area contributed by atoms with Crippen LogP contribution in [0.3, 0.4) is 0 Å². The van der Waals surface area contributed by atoms with Crippen molar-refractivity contribution in [1.82, 2.24) is 0 Å². The number of carboxylic acid groups (broad SMARTS) is 1. The number of alkyl halides is 2. The summed E-state index contributed by atoms with van der Waals surface area (Å²) in [6.07, 6.45) is 0. The summed E-state index contributed by atoms with van der Waals surface area (Å²) in [5.74, 6) is -1.02. The number of nitrogens with zero attached hydrogens (tertiary/aromatic N) is 1. The molecular formula is C9H7Cl3N2O2. The molecule has 2 N–H and O–H groups in total. The van der Waals surface area contributed by atoms with Gasteiger partial charge < -0.3 is 10.4 Å². The predicted molar refractivity (Wildman–Crippen MR) is 64.7 cm³/mol. The van der Waals surface area contributed by atoms with Gasteiger partial charge in [-0.1, -0.05) is 23.2 Å². The van der Waals surface area contributed by atoms with Gasteiger partial charge in [-0.3, -0.25) is 4.42 Å². The van der Waals surface area contributed by atoms with Gasteiger partial charge in [0.2, 0.25) is 4.46 Å². The molecule has 0 aromatic heterocycles. The minimum Gasteiger partial charge on any atom is -0.478 e. The summed E-state index contributed by atoms with van der Waals surface area (Å²) in [5.41, 5.74) is 1.28. The summed E-state index contributed by atoms with van der Waals surface area (Å²) in [4.78, 5) is 10.8. The highest BCUT2D eigenvalue weighted by molar-refractivity contribution is 6.51. The highest BCUT2D eigenvalue weighted by Gasteiger charge is 2.33. The van der Waals surface area contributed by atoms with Crippen LogP contribution in [0.4, 0.5) is 11.4 Å². The van der Waals surface area contributed by atoms with Crippen LogP contribution in [0.1, 0.15) is 10.4 Å². The molecule has 0 radical (unpaired) electrons. The molecule has 0 amide bonds.